The molecule has 2 heteroatoms. The molecule has 1 heterocycles. The van der Waals surface area contributed by atoms with Crippen molar-refractivity contribution in [3.63, 3.8) is 0 Å². The van der Waals surface area contributed by atoms with Gasteiger partial charge in [-0.1, -0.05) is 39.0 Å². The van der Waals surface area contributed by atoms with Gasteiger partial charge in [-0.15, -0.1) is 0 Å². The van der Waals surface area contributed by atoms with Gasteiger partial charge in [-0.3, -0.25) is 0 Å². The van der Waals surface area contributed by atoms with Crippen molar-refractivity contribution in [3.8, 4) is 0 Å². The summed E-state index contributed by atoms with van der Waals surface area (Å²) in [6, 6.07) is 6.49. The van der Waals surface area contributed by atoms with Crippen molar-refractivity contribution in [2.24, 2.45) is 0 Å². The van der Waals surface area contributed by atoms with Crippen LogP contribution < -0.4 is 10.9 Å². The maximum absolute atomic E-state index is 3.23. The van der Waals surface area contributed by atoms with Gasteiger partial charge >= 0.3 is 0 Å². The van der Waals surface area contributed by atoms with Gasteiger partial charge in [0.15, 0.2) is 0 Å². The largest absolute Gasteiger partial charge is 0.321 e. The second kappa shape index (κ2) is 2.74. The van der Waals surface area contributed by atoms with Crippen LogP contribution in [0.15, 0.2) is 18.2 Å². The quantitative estimate of drug-likeness (QED) is 0.634. The van der Waals surface area contributed by atoms with E-state index >= 15 is 0 Å². The Hall–Kier alpha value is -1.02. The smallest absolute Gasteiger partial charge is 0.0570 e. The molecule has 0 radical (unpaired) electrons. The average Bonchev–Trinajstić information content (AvgIpc) is 2.48. The van der Waals surface area contributed by atoms with Crippen molar-refractivity contribution in [2.75, 3.05) is 5.43 Å². The molecule has 2 nitrogen and oxygen atoms in total. The van der Waals surface area contributed by atoms with E-state index in [-0.39, 0.29) is 5.41 Å². The number of rotatable bonds is 0. The third kappa shape index (κ3) is 1.42. The topological polar surface area (TPSA) is 24.1 Å². The summed E-state index contributed by atoms with van der Waals surface area (Å²) in [5.41, 5.74) is 10.6. The van der Waals surface area contributed by atoms with Gasteiger partial charge in [-0.2, -0.15) is 0 Å². The standard InChI is InChI=1S/C11H16N2/c1-11(2,3)9-6-4-5-8-7-12-13-10(8)9/h4-6,12-13H,7H2,1-3H3. The Bertz CT molecular complexity index is 323. The van der Waals surface area contributed by atoms with Gasteiger partial charge in [-0.25, -0.2) is 5.43 Å². The van der Waals surface area contributed by atoms with Crippen molar-refractivity contribution in [2.45, 2.75) is 32.7 Å². The molecule has 0 aliphatic carbocycles. The zero-order valence-corrected chi connectivity index (χ0v) is 8.44. The van der Waals surface area contributed by atoms with Crippen LogP contribution in [-0.2, 0) is 12.0 Å². The van der Waals surface area contributed by atoms with Gasteiger partial charge in [-0.05, 0) is 16.5 Å². The molecule has 0 fully saturated rings. The Morgan fingerprint density at radius 1 is 1.23 bits per heavy atom. The van der Waals surface area contributed by atoms with Crippen LogP contribution in [0.5, 0.6) is 0 Å². The second-order valence-corrected chi connectivity index (χ2v) is 4.57. The lowest BCUT2D eigenvalue weighted by molar-refractivity contribution is 0.592. The number of benzene rings is 1. The minimum atomic E-state index is 0.213. The molecule has 0 amide bonds. The zero-order chi connectivity index (χ0) is 9.47. The minimum Gasteiger partial charge on any atom is -0.321 e. The van der Waals surface area contributed by atoms with E-state index in [2.05, 4.69) is 49.8 Å². The van der Waals surface area contributed by atoms with E-state index in [0.29, 0.717) is 0 Å². The normalized spacial score (nSPS) is 15.3. The first-order valence-electron chi connectivity index (χ1n) is 4.70. The second-order valence-electron chi connectivity index (χ2n) is 4.57. The molecule has 1 aliphatic heterocycles. The SMILES string of the molecule is CC(C)(C)c1cccc2c1NNC2. The summed E-state index contributed by atoms with van der Waals surface area (Å²) in [6.07, 6.45) is 0. The fourth-order valence-corrected chi connectivity index (χ4v) is 1.75. The van der Waals surface area contributed by atoms with Crippen LogP contribution >= 0.6 is 0 Å². The number of hydrogen-bond acceptors (Lipinski definition) is 2. The number of hydrazine groups is 1. The summed E-state index contributed by atoms with van der Waals surface area (Å²) in [5.74, 6) is 0. The molecule has 2 rings (SSSR count). The number of fused-ring (bicyclic) bond motifs is 1. The lowest BCUT2D eigenvalue weighted by Gasteiger charge is -2.22. The molecule has 1 aromatic rings. The summed E-state index contributed by atoms with van der Waals surface area (Å²) in [4.78, 5) is 0. The van der Waals surface area contributed by atoms with Gasteiger partial charge in [0.1, 0.15) is 0 Å². The van der Waals surface area contributed by atoms with E-state index in [1.807, 2.05) is 0 Å². The van der Waals surface area contributed by atoms with Crippen LogP contribution in [0.25, 0.3) is 0 Å². The Balaban J connectivity index is 2.54. The highest BCUT2D eigenvalue weighted by atomic mass is 15.4. The van der Waals surface area contributed by atoms with Crippen molar-refractivity contribution in [1.82, 2.24) is 5.43 Å². The molecular formula is C11H16N2. The average molecular weight is 176 g/mol. The first kappa shape index (κ1) is 8.57. The highest BCUT2D eigenvalue weighted by molar-refractivity contribution is 5.61. The first-order chi connectivity index (χ1) is 6.09. The monoisotopic (exact) mass is 176 g/mol. The lowest BCUT2D eigenvalue weighted by Crippen LogP contribution is -2.16. The number of nitrogens with one attached hydrogen (secondary N) is 2. The molecular weight excluding hydrogens is 160 g/mol. The fraction of sp³-hybridized carbons (Fsp3) is 0.455. The first-order valence-corrected chi connectivity index (χ1v) is 4.70. The Kier molecular flexibility index (Phi) is 1.81. The van der Waals surface area contributed by atoms with E-state index in [0.717, 1.165) is 6.54 Å². The molecule has 0 saturated heterocycles. The number of anilines is 1. The molecule has 1 aliphatic rings. The van der Waals surface area contributed by atoms with Crippen molar-refractivity contribution in [1.29, 1.82) is 0 Å². The molecule has 0 aromatic heterocycles. The van der Waals surface area contributed by atoms with Gasteiger partial charge in [0.25, 0.3) is 0 Å². The van der Waals surface area contributed by atoms with Crippen LogP contribution in [0.4, 0.5) is 5.69 Å². The van der Waals surface area contributed by atoms with E-state index in [1.54, 1.807) is 0 Å². The summed E-state index contributed by atoms with van der Waals surface area (Å²) >= 11 is 0. The van der Waals surface area contributed by atoms with Gasteiger partial charge in [0, 0.05) is 6.54 Å². The van der Waals surface area contributed by atoms with Gasteiger partial charge in [0.05, 0.1) is 5.69 Å². The van der Waals surface area contributed by atoms with Crippen molar-refractivity contribution in [3.05, 3.63) is 29.3 Å². The molecule has 0 spiro atoms. The molecule has 13 heavy (non-hydrogen) atoms. The molecule has 0 saturated carbocycles. The Morgan fingerprint density at radius 2 is 2.00 bits per heavy atom. The molecule has 0 bridgehead atoms. The molecule has 70 valence electrons. The van der Waals surface area contributed by atoms with E-state index in [1.165, 1.54) is 16.8 Å². The third-order valence-corrected chi connectivity index (χ3v) is 2.45. The van der Waals surface area contributed by atoms with Gasteiger partial charge < -0.3 is 5.43 Å². The highest BCUT2D eigenvalue weighted by Crippen LogP contribution is 2.33. The predicted molar refractivity (Wildman–Crippen MR) is 55.6 cm³/mol. The van der Waals surface area contributed by atoms with Crippen molar-refractivity contribution < 1.29 is 0 Å². The minimum absolute atomic E-state index is 0.213. The Labute approximate surface area is 79.3 Å². The highest BCUT2D eigenvalue weighted by Gasteiger charge is 2.21. The fourth-order valence-electron chi connectivity index (χ4n) is 1.75. The van der Waals surface area contributed by atoms with Crippen LogP contribution in [0.3, 0.4) is 0 Å². The summed E-state index contributed by atoms with van der Waals surface area (Å²) in [5, 5.41) is 0. The molecule has 2 N–H and O–H groups in total. The summed E-state index contributed by atoms with van der Waals surface area (Å²) in [6.45, 7) is 7.65. The van der Waals surface area contributed by atoms with Crippen LogP contribution in [0.1, 0.15) is 31.9 Å². The Morgan fingerprint density at radius 3 is 2.69 bits per heavy atom. The van der Waals surface area contributed by atoms with E-state index in [9.17, 15) is 0 Å². The van der Waals surface area contributed by atoms with Crippen LogP contribution in [0.2, 0.25) is 0 Å². The van der Waals surface area contributed by atoms with Crippen LogP contribution in [-0.4, -0.2) is 0 Å². The summed E-state index contributed by atoms with van der Waals surface area (Å²) in [7, 11) is 0. The summed E-state index contributed by atoms with van der Waals surface area (Å²) < 4.78 is 0. The molecule has 0 atom stereocenters. The predicted octanol–water partition coefficient (Wildman–Crippen LogP) is 2.41. The van der Waals surface area contributed by atoms with E-state index < -0.39 is 0 Å². The molecule has 0 unspecified atom stereocenters. The van der Waals surface area contributed by atoms with E-state index in [4.69, 9.17) is 0 Å². The number of para-hydroxylation sites is 1. The zero-order valence-electron chi connectivity index (χ0n) is 8.44. The van der Waals surface area contributed by atoms with Crippen LogP contribution in [0, 0.1) is 0 Å². The molecule has 1 aromatic carbocycles. The van der Waals surface area contributed by atoms with Gasteiger partial charge in [0.2, 0.25) is 0 Å². The third-order valence-electron chi connectivity index (χ3n) is 2.45. The van der Waals surface area contributed by atoms with Crippen molar-refractivity contribution >= 4 is 5.69 Å². The maximum atomic E-state index is 3.23. The maximum Gasteiger partial charge on any atom is 0.0570 e. The number of hydrogen-bond donors (Lipinski definition) is 2. The lowest BCUT2D eigenvalue weighted by atomic mass is 9.85.